The van der Waals surface area contributed by atoms with Gasteiger partial charge >= 0.3 is 5.97 Å². The third kappa shape index (κ3) is 6.38. The lowest BCUT2D eigenvalue weighted by Crippen LogP contribution is -2.28. The fourth-order valence-electron chi connectivity index (χ4n) is 1.67. The summed E-state index contributed by atoms with van der Waals surface area (Å²) in [5.74, 6) is 0.844. The number of ether oxygens (including phenoxy) is 3. The lowest BCUT2D eigenvalue weighted by Gasteiger charge is -2.22. The van der Waals surface area contributed by atoms with E-state index in [-0.39, 0.29) is 11.9 Å². The molecule has 1 aromatic carbocycles. The summed E-state index contributed by atoms with van der Waals surface area (Å²) in [6, 6.07) is 5.20. The van der Waals surface area contributed by atoms with Crippen LogP contribution in [0.5, 0.6) is 11.5 Å². The quantitative estimate of drug-likeness (QED) is 0.645. The van der Waals surface area contributed by atoms with Crippen molar-refractivity contribution in [1.29, 1.82) is 0 Å². The largest absolute Gasteiger partial charge is 0.497 e. The van der Waals surface area contributed by atoms with Crippen molar-refractivity contribution in [3.8, 4) is 11.5 Å². The van der Waals surface area contributed by atoms with Crippen LogP contribution in [0.1, 0.15) is 34.1 Å². The highest BCUT2D eigenvalue weighted by Gasteiger charge is 2.21. The van der Waals surface area contributed by atoms with Crippen LogP contribution in [-0.2, 0) is 9.53 Å². The maximum atomic E-state index is 11.8. The summed E-state index contributed by atoms with van der Waals surface area (Å²) in [7, 11) is 1.57. The fraction of sp³-hybridized carbons (Fsp3) is 0.562. The molecule has 0 heterocycles. The number of rotatable bonds is 6. The number of hydrogen-bond donors (Lipinski definition) is 1. The highest BCUT2D eigenvalue weighted by molar-refractivity contribution is 5.72. The molecular formula is C16H25NO4. The van der Waals surface area contributed by atoms with E-state index >= 15 is 0 Å². The molecule has 2 N–H and O–H groups in total. The Bertz CT molecular complexity index is 480. The van der Waals surface area contributed by atoms with Gasteiger partial charge in [-0.05, 0) is 27.2 Å². The van der Waals surface area contributed by atoms with E-state index in [4.69, 9.17) is 19.9 Å². The smallest absolute Gasteiger partial charge is 0.309 e. The second-order valence-corrected chi connectivity index (χ2v) is 6.01. The van der Waals surface area contributed by atoms with E-state index in [2.05, 4.69) is 0 Å². The molecule has 0 saturated heterocycles. The van der Waals surface area contributed by atoms with Crippen LogP contribution in [0.25, 0.3) is 0 Å². The Hall–Kier alpha value is -1.91. The molecule has 0 fully saturated rings. The highest BCUT2D eigenvalue weighted by atomic mass is 16.6. The van der Waals surface area contributed by atoms with E-state index in [1.54, 1.807) is 25.3 Å². The van der Waals surface area contributed by atoms with E-state index in [1.807, 2.05) is 27.7 Å². The van der Waals surface area contributed by atoms with E-state index in [9.17, 15) is 4.79 Å². The van der Waals surface area contributed by atoms with Crippen molar-refractivity contribution in [3.63, 3.8) is 0 Å². The number of carbonyl (C=O) groups is 1. The lowest BCUT2D eigenvalue weighted by atomic mass is 10.1. The first-order valence-corrected chi connectivity index (χ1v) is 7.01. The van der Waals surface area contributed by atoms with Gasteiger partial charge in [0.1, 0.15) is 17.1 Å². The van der Waals surface area contributed by atoms with E-state index in [0.29, 0.717) is 30.2 Å². The summed E-state index contributed by atoms with van der Waals surface area (Å²) in [5, 5.41) is 0. The Kier molecular flexibility index (Phi) is 5.88. The Morgan fingerprint density at radius 2 is 1.86 bits per heavy atom. The molecule has 1 rings (SSSR count). The van der Waals surface area contributed by atoms with Gasteiger partial charge in [-0.2, -0.15) is 0 Å². The third-order valence-corrected chi connectivity index (χ3v) is 2.77. The molecule has 21 heavy (non-hydrogen) atoms. The molecule has 1 aromatic rings. The van der Waals surface area contributed by atoms with Gasteiger partial charge in [0.05, 0.1) is 19.6 Å². The molecule has 0 amide bonds. The summed E-state index contributed by atoms with van der Waals surface area (Å²) in [4.78, 5) is 11.8. The standard InChI is InChI=1S/C16H25NO4/c1-11(15(18)21-16(2,3)4)6-7-20-14-9-12(17)8-13(10-14)19-5/h8-11H,6-7,17H2,1-5H3. The molecule has 5 heteroatoms. The van der Waals surface area contributed by atoms with Crippen LogP contribution in [0, 0.1) is 5.92 Å². The Morgan fingerprint density at radius 3 is 2.43 bits per heavy atom. The van der Waals surface area contributed by atoms with Gasteiger partial charge in [0.15, 0.2) is 0 Å². The minimum absolute atomic E-state index is 0.212. The van der Waals surface area contributed by atoms with Gasteiger partial charge in [0, 0.05) is 23.9 Å². The highest BCUT2D eigenvalue weighted by Crippen LogP contribution is 2.24. The number of nitrogens with two attached hydrogens (primary N) is 1. The normalized spacial score (nSPS) is 12.6. The molecule has 0 aliphatic heterocycles. The first kappa shape index (κ1) is 17.1. The van der Waals surface area contributed by atoms with Gasteiger partial charge in [-0.1, -0.05) is 6.92 Å². The molecule has 0 saturated carbocycles. The van der Waals surface area contributed by atoms with Crippen LogP contribution in [0.4, 0.5) is 5.69 Å². The van der Waals surface area contributed by atoms with Crippen molar-refractivity contribution in [3.05, 3.63) is 18.2 Å². The number of nitrogen functional groups attached to an aromatic ring is 1. The molecule has 0 aliphatic rings. The number of benzene rings is 1. The fourth-order valence-corrected chi connectivity index (χ4v) is 1.67. The minimum atomic E-state index is -0.465. The van der Waals surface area contributed by atoms with Gasteiger partial charge in [-0.25, -0.2) is 0 Å². The van der Waals surface area contributed by atoms with Crippen molar-refractivity contribution < 1.29 is 19.0 Å². The summed E-state index contributed by atoms with van der Waals surface area (Å²) < 4.78 is 16.1. The van der Waals surface area contributed by atoms with Gasteiger partial charge in [-0.15, -0.1) is 0 Å². The van der Waals surface area contributed by atoms with Gasteiger partial charge in [0.25, 0.3) is 0 Å². The molecule has 0 spiro atoms. The van der Waals surface area contributed by atoms with E-state index in [0.717, 1.165) is 0 Å². The summed E-state index contributed by atoms with van der Waals surface area (Å²) in [5.41, 5.74) is 5.86. The number of carbonyl (C=O) groups excluding carboxylic acids is 1. The average Bonchev–Trinajstić information content (AvgIpc) is 2.35. The molecule has 5 nitrogen and oxygen atoms in total. The van der Waals surface area contributed by atoms with E-state index < -0.39 is 5.60 Å². The molecule has 118 valence electrons. The van der Waals surface area contributed by atoms with Gasteiger partial charge in [0.2, 0.25) is 0 Å². The van der Waals surface area contributed by atoms with Crippen LogP contribution in [0.2, 0.25) is 0 Å². The number of hydrogen-bond acceptors (Lipinski definition) is 5. The van der Waals surface area contributed by atoms with Gasteiger partial charge < -0.3 is 19.9 Å². The molecule has 0 aliphatic carbocycles. The van der Waals surface area contributed by atoms with Gasteiger partial charge in [-0.3, -0.25) is 4.79 Å². The van der Waals surface area contributed by atoms with Crippen LogP contribution in [0.15, 0.2) is 18.2 Å². The van der Waals surface area contributed by atoms with Crippen molar-refractivity contribution in [2.75, 3.05) is 19.5 Å². The van der Waals surface area contributed by atoms with Crippen LogP contribution in [-0.4, -0.2) is 25.3 Å². The number of anilines is 1. The van der Waals surface area contributed by atoms with Crippen molar-refractivity contribution in [2.45, 2.75) is 39.7 Å². The second kappa shape index (κ2) is 7.20. The van der Waals surface area contributed by atoms with Crippen LogP contribution >= 0.6 is 0 Å². The second-order valence-electron chi connectivity index (χ2n) is 6.01. The summed E-state index contributed by atoms with van der Waals surface area (Å²) >= 11 is 0. The zero-order chi connectivity index (χ0) is 16.0. The average molecular weight is 295 g/mol. The number of esters is 1. The molecular weight excluding hydrogens is 270 g/mol. The molecule has 1 unspecified atom stereocenters. The monoisotopic (exact) mass is 295 g/mol. The zero-order valence-corrected chi connectivity index (χ0v) is 13.4. The SMILES string of the molecule is COc1cc(N)cc(OCCC(C)C(=O)OC(C)(C)C)c1. The third-order valence-electron chi connectivity index (χ3n) is 2.77. The maximum absolute atomic E-state index is 11.8. The topological polar surface area (TPSA) is 70.8 Å². The number of methoxy groups -OCH3 is 1. The van der Waals surface area contributed by atoms with Crippen molar-refractivity contribution in [1.82, 2.24) is 0 Å². The minimum Gasteiger partial charge on any atom is -0.497 e. The predicted molar refractivity (Wildman–Crippen MR) is 82.5 cm³/mol. The Morgan fingerprint density at radius 1 is 1.24 bits per heavy atom. The maximum Gasteiger partial charge on any atom is 0.309 e. The molecule has 0 aromatic heterocycles. The first-order valence-electron chi connectivity index (χ1n) is 7.01. The predicted octanol–water partition coefficient (Wildman–Crippen LogP) is 3.02. The Balaban J connectivity index is 2.46. The summed E-state index contributed by atoms with van der Waals surface area (Å²) in [6.45, 7) is 7.80. The molecule has 0 radical (unpaired) electrons. The van der Waals surface area contributed by atoms with Crippen molar-refractivity contribution in [2.24, 2.45) is 5.92 Å². The first-order chi connectivity index (χ1) is 9.71. The van der Waals surface area contributed by atoms with Crippen LogP contribution in [0.3, 0.4) is 0 Å². The summed E-state index contributed by atoms with van der Waals surface area (Å²) in [6.07, 6.45) is 0.575. The van der Waals surface area contributed by atoms with Crippen molar-refractivity contribution >= 4 is 11.7 Å². The lowest BCUT2D eigenvalue weighted by molar-refractivity contribution is -0.159. The van der Waals surface area contributed by atoms with E-state index in [1.165, 1.54) is 0 Å². The molecule has 0 bridgehead atoms. The zero-order valence-electron chi connectivity index (χ0n) is 13.4. The molecule has 1 atom stereocenters. The van der Waals surface area contributed by atoms with Crippen LogP contribution < -0.4 is 15.2 Å². The Labute approximate surface area is 126 Å².